The molecule has 2 aromatic heterocycles. The molecular formula is C14H17Cl2N7O. The molecule has 3 rings (SSSR count). The maximum Gasteiger partial charge on any atom is 0.263 e. The molecule has 2 heterocycles. The Morgan fingerprint density at radius 3 is 2.33 bits per heavy atom. The molecule has 24 heavy (non-hydrogen) atoms. The van der Waals surface area contributed by atoms with Crippen LogP contribution in [0.15, 0.2) is 66.2 Å². The van der Waals surface area contributed by atoms with Crippen molar-refractivity contribution in [1.29, 1.82) is 0 Å². The maximum atomic E-state index is 5.65. The maximum absolute atomic E-state index is 5.65. The van der Waals surface area contributed by atoms with E-state index in [9.17, 15) is 0 Å². The van der Waals surface area contributed by atoms with Gasteiger partial charge < -0.3 is 11.3 Å². The highest BCUT2D eigenvalue weighted by Crippen LogP contribution is 2.09. The first-order chi connectivity index (χ1) is 10.3. The van der Waals surface area contributed by atoms with Crippen LogP contribution in [-0.2, 0) is 0 Å². The van der Waals surface area contributed by atoms with Crippen LogP contribution in [0.1, 0.15) is 11.3 Å². The molecule has 0 aliphatic carbocycles. The van der Waals surface area contributed by atoms with Crippen molar-refractivity contribution in [1.82, 2.24) is 19.9 Å². The summed E-state index contributed by atoms with van der Waals surface area (Å²) in [5.74, 6) is 6.00. The number of rotatable bonds is 4. The summed E-state index contributed by atoms with van der Waals surface area (Å²) in [7, 11) is 0. The molecule has 0 saturated heterocycles. The Morgan fingerprint density at radius 1 is 1.04 bits per heavy atom. The van der Waals surface area contributed by atoms with Crippen LogP contribution in [-0.4, -0.2) is 31.0 Å². The van der Waals surface area contributed by atoms with Crippen molar-refractivity contribution in [3.05, 3.63) is 72.3 Å². The molecule has 0 atom stereocenters. The third kappa shape index (κ3) is 4.92. The summed E-state index contributed by atoms with van der Waals surface area (Å²) < 4.78 is 1.25. The number of benzene rings is 1. The fourth-order valence-corrected chi connectivity index (χ4v) is 1.80. The van der Waals surface area contributed by atoms with E-state index in [4.69, 9.17) is 5.84 Å². The topological polar surface area (TPSA) is 126 Å². The Balaban J connectivity index is 0.00000176. The van der Waals surface area contributed by atoms with E-state index >= 15 is 0 Å². The SMILES string of the molecule is Cl.Cl.Nn1cnnc1NN=C(c1ccccc1)c1ccccn1.O. The quantitative estimate of drug-likeness (QED) is 0.406. The average Bonchev–Trinajstić information content (AvgIpc) is 2.95. The zero-order valence-corrected chi connectivity index (χ0v) is 14.0. The van der Waals surface area contributed by atoms with E-state index in [-0.39, 0.29) is 30.3 Å². The lowest BCUT2D eigenvalue weighted by Gasteiger charge is -2.06. The number of hydrogen-bond acceptors (Lipinski definition) is 6. The van der Waals surface area contributed by atoms with Gasteiger partial charge in [0.25, 0.3) is 5.95 Å². The molecule has 10 heteroatoms. The minimum atomic E-state index is 0. The molecule has 3 aromatic rings. The number of pyridine rings is 1. The van der Waals surface area contributed by atoms with Crippen LogP contribution in [0.25, 0.3) is 0 Å². The highest BCUT2D eigenvalue weighted by molar-refractivity contribution is 6.11. The molecule has 0 aliphatic heterocycles. The fourth-order valence-electron chi connectivity index (χ4n) is 1.80. The second-order valence-electron chi connectivity index (χ2n) is 4.22. The number of nitrogen functional groups attached to an aromatic ring is 1. The van der Waals surface area contributed by atoms with Gasteiger partial charge in [-0.3, -0.25) is 4.98 Å². The van der Waals surface area contributed by atoms with Crippen LogP contribution < -0.4 is 11.3 Å². The standard InChI is InChI=1S/C14H13N7.2ClH.H2O/c15-21-10-17-19-14(21)20-18-13(11-6-2-1-3-7-11)12-8-4-5-9-16-12;;;/h1-10H,15H2,(H,19,20);2*1H;1H2. The van der Waals surface area contributed by atoms with Gasteiger partial charge in [0.15, 0.2) is 0 Å². The second-order valence-corrected chi connectivity index (χ2v) is 4.22. The molecule has 0 amide bonds. The van der Waals surface area contributed by atoms with Crippen molar-refractivity contribution in [2.24, 2.45) is 5.10 Å². The molecular weight excluding hydrogens is 353 g/mol. The Bertz CT molecular complexity index is 709. The zero-order valence-electron chi connectivity index (χ0n) is 12.4. The van der Waals surface area contributed by atoms with Crippen LogP contribution >= 0.6 is 24.8 Å². The first-order valence-corrected chi connectivity index (χ1v) is 6.30. The third-order valence-electron chi connectivity index (χ3n) is 2.80. The molecule has 0 radical (unpaired) electrons. The lowest BCUT2D eigenvalue weighted by Crippen LogP contribution is -2.13. The summed E-state index contributed by atoms with van der Waals surface area (Å²) in [6.45, 7) is 0. The minimum absolute atomic E-state index is 0. The third-order valence-corrected chi connectivity index (χ3v) is 2.80. The molecule has 8 nitrogen and oxygen atoms in total. The van der Waals surface area contributed by atoms with Crippen molar-refractivity contribution in [3.63, 3.8) is 0 Å². The number of hydrogen-bond donors (Lipinski definition) is 2. The molecule has 0 unspecified atom stereocenters. The number of nitrogens with one attached hydrogen (secondary N) is 1. The Kier molecular flexibility index (Phi) is 9.03. The number of nitrogens with two attached hydrogens (primary N) is 1. The Labute approximate surface area is 150 Å². The Morgan fingerprint density at radius 2 is 1.75 bits per heavy atom. The number of halogens is 2. The second kappa shape index (κ2) is 10.2. The van der Waals surface area contributed by atoms with Crippen LogP contribution in [0.4, 0.5) is 5.95 Å². The molecule has 1 aromatic carbocycles. The van der Waals surface area contributed by atoms with E-state index in [2.05, 4.69) is 25.7 Å². The fraction of sp³-hybridized carbons (Fsp3) is 0. The average molecular weight is 370 g/mol. The van der Waals surface area contributed by atoms with Gasteiger partial charge in [0.2, 0.25) is 0 Å². The van der Waals surface area contributed by atoms with E-state index in [1.165, 1.54) is 11.0 Å². The van der Waals surface area contributed by atoms with Gasteiger partial charge in [0.05, 0.1) is 5.69 Å². The van der Waals surface area contributed by atoms with Gasteiger partial charge in [-0.1, -0.05) is 36.4 Å². The monoisotopic (exact) mass is 369 g/mol. The van der Waals surface area contributed by atoms with Gasteiger partial charge in [0, 0.05) is 11.8 Å². The number of aromatic nitrogens is 4. The van der Waals surface area contributed by atoms with E-state index in [0.717, 1.165) is 11.3 Å². The van der Waals surface area contributed by atoms with E-state index < -0.39 is 0 Å². The minimum Gasteiger partial charge on any atom is -0.412 e. The van der Waals surface area contributed by atoms with Gasteiger partial charge in [-0.2, -0.15) is 5.10 Å². The molecule has 0 spiro atoms. The van der Waals surface area contributed by atoms with Crippen LogP contribution in [0, 0.1) is 0 Å². The Hall–Kier alpha value is -2.68. The van der Waals surface area contributed by atoms with Gasteiger partial charge in [0.1, 0.15) is 12.0 Å². The van der Waals surface area contributed by atoms with Gasteiger partial charge in [-0.05, 0) is 12.1 Å². The van der Waals surface area contributed by atoms with Crippen molar-refractivity contribution >= 4 is 36.5 Å². The summed E-state index contributed by atoms with van der Waals surface area (Å²) in [4.78, 5) is 4.33. The summed E-state index contributed by atoms with van der Waals surface area (Å²) in [5.41, 5.74) is 5.18. The molecule has 0 aliphatic rings. The lowest BCUT2D eigenvalue weighted by atomic mass is 10.1. The van der Waals surface area contributed by atoms with Gasteiger partial charge in [-0.15, -0.1) is 35.0 Å². The van der Waals surface area contributed by atoms with Crippen LogP contribution in [0.2, 0.25) is 0 Å². The molecule has 0 bridgehead atoms. The number of nitrogens with zero attached hydrogens (tertiary/aromatic N) is 5. The smallest absolute Gasteiger partial charge is 0.263 e. The van der Waals surface area contributed by atoms with Gasteiger partial charge in [-0.25, -0.2) is 10.1 Å². The predicted molar refractivity (Wildman–Crippen MR) is 98.2 cm³/mol. The first-order valence-electron chi connectivity index (χ1n) is 6.30. The zero-order chi connectivity index (χ0) is 14.5. The van der Waals surface area contributed by atoms with E-state index in [1.54, 1.807) is 6.20 Å². The molecule has 5 N–H and O–H groups in total. The van der Waals surface area contributed by atoms with Crippen molar-refractivity contribution in [2.75, 3.05) is 11.3 Å². The lowest BCUT2D eigenvalue weighted by molar-refractivity contribution is 0.824. The highest BCUT2D eigenvalue weighted by Gasteiger charge is 2.08. The molecule has 0 fully saturated rings. The first kappa shape index (κ1) is 21.3. The van der Waals surface area contributed by atoms with E-state index in [1.807, 2.05) is 48.5 Å². The predicted octanol–water partition coefficient (Wildman–Crippen LogP) is 1.27. The summed E-state index contributed by atoms with van der Waals surface area (Å²) in [6, 6.07) is 15.4. The van der Waals surface area contributed by atoms with Crippen molar-refractivity contribution in [2.45, 2.75) is 0 Å². The van der Waals surface area contributed by atoms with Crippen LogP contribution in [0.5, 0.6) is 0 Å². The summed E-state index contributed by atoms with van der Waals surface area (Å²) >= 11 is 0. The van der Waals surface area contributed by atoms with Crippen molar-refractivity contribution < 1.29 is 5.48 Å². The highest BCUT2D eigenvalue weighted by atomic mass is 35.5. The van der Waals surface area contributed by atoms with Gasteiger partial charge >= 0.3 is 0 Å². The number of hydrazone groups is 1. The number of anilines is 1. The largest absolute Gasteiger partial charge is 0.412 e. The molecule has 128 valence electrons. The van der Waals surface area contributed by atoms with E-state index in [0.29, 0.717) is 11.7 Å². The summed E-state index contributed by atoms with van der Waals surface area (Å²) in [6.07, 6.45) is 3.11. The van der Waals surface area contributed by atoms with Crippen LogP contribution in [0.3, 0.4) is 0 Å². The summed E-state index contributed by atoms with van der Waals surface area (Å²) in [5, 5.41) is 11.9. The molecule has 0 saturated carbocycles. The van der Waals surface area contributed by atoms with Crippen molar-refractivity contribution in [3.8, 4) is 0 Å². The normalized spacial score (nSPS) is 9.92.